The monoisotopic (exact) mass is 292 g/mol. The highest BCUT2D eigenvalue weighted by Gasteiger charge is 2.11. The first-order valence-electron chi connectivity index (χ1n) is 6.18. The average Bonchev–Trinajstić information content (AvgIpc) is 2.92. The summed E-state index contributed by atoms with van der Waals surface area (Å²) in [5.41, 5.74) is 5.52. The lowest BCUT2D eigenvalue weighted by Gasteiger charge is -1.99. The van der Waals surface area contributed by atoms with Gasteiger partial charge in [-0.2, -0.15) is 4.98 Å². The molecule has 1 heterocycles. The van der Waals surface area contributed by atoms with Gasteiger partial charge in [-0.1, -0.05) is 5.16 Å². The SMILES string of the molecule is NC(=O)CNC(=O)CCc1nc(-c2ccc(F)cc2)no1. The number of carbonyl (C=O) groups is 2. The largest absolute Gasteiger partial charge is 0.368 e. The Morgan fingerprint density at radius 1 is 1.29 bits per heavy atom. The Labute approximate surface area is 119 Å². The number of aromatic nitrogens is 2. The van der Waals surface area contributed by atoms with E-state index in [0.717, 1.165) is 0 Å². The molecule has 0 spiro atoms. The molecule has 1 aromatic carbocycles. The van der Waals surface area contributed by atoms with Crippen LogP contribution in [0.15, 0.2) is 28.8 Å². The summed E-state index contributed by atoms with van der Waals surface area (Å²) in [6.07, 6.45) is 0.330. The molecule has 0 aliphatic rings. The van der Waals surface area contributed by atoms with Gasteiger partial charge in [0, 0.05) is 18.4 Å². The third-order valence-corrected chi connectivity index (χ3v) is 2.60. The smallest absolute Gasteiger partial charge is 0.236 e. The summed E-state index contributed by atoms with van der Waals surface area (Å²) >= 11 is 0. The highest BCUT2D eigenvalue weighted by atomic mass is 19.1. The van der Waals surface area contributed by atoms with Gasteiger partial charge in [-0.15, -0.1) is 0 Å². The first-order valence-corrected chi connectivity index (χ1v) is 6.18. The van der Waals surface area contributed by atoms with Crippen molar-refractivity contribution in [2.75, 3.05) is 6.54 Å². The zero-order valence-corrected chi connectivity index (χ0v) is 11.0. The summed E-state index contributed by atoms with van der Waals surface area (Å²) in [4.78, 5) is 26.0. The number of amides is 2. The average molecular weight is 292 g/mol. The van der Waals surface area contributed by atoms with E-state index in [1.165, 1.54) is 24.3 Å². The maximum absolute atomic E-state index is 12.8. The van der Waals surface area contributed by atoms with Gasteiger partial charge >= 0.3 is 0 Å². The molecule has 0 fully saturated rings. The second-order valence-corrected chi connectivity index (χ2v) is 4.26. The van der Waals surface area contributed by atoms with Crippen LogP contribution < -0.4 is 11.1 Å². The van der Waals surface area contributed by atoms with Crippen molar-refractivity contribution in [1.82, 2.24) is 15.5 Å². The summed E-state index contributed by atoms with van der Waals surface area (Å²) < 4.78 is 17.8. The van der Waals surface area contributed by atoms with Crippen LogP contribution >= 0.6 is 0 Å². The van der Waals surface area contributed by atoms with Gasteiger partial charge in [0.1, 0.15) is 5.82 Å². The Balaban J connectivity index is 1.90. The highest BCUT2D eigenvalue weighted by molar-refractivity contribution is 5.83. The molecule has 0 unspecified atom stereocenters. The van der Waals surface area contributed by atoms with E-state index in [4.69, 9.17) is 10.3 Å². The van der Waals surface area contributed by atoms with Gasteiger partial charge in [0.25, 0.3) is 0 Å². The first-order chi connectivity index (χ1) is 10.0. The first kappa shape index (κ1) is 14.6. The van der Waals surface area contributed by atoms with Crippen molar-refractivity contribution < 1.29 is 18.5 Å². The van der Waals surface area contributed by atoms with E-state index in [1.54, 1.807) is 0 Å². The van der Waals surface area contributed by atoms with Crippen LogP contribution in [0.1, 0.15) is 12.3 Å². The van der Waals surface area contributed by atoms with E-state index in [2.05, 4.69) is 15.5 Å². The number of rotatable bonds is 6. The molecule has 21 heavy (non-hydrogen) atoms. The van der Waals surface area contributed by atoms with Crippen molar-refractivity contribution in [1.29, 1.82) is 0 Å². The predicted octanol–water partition coefficient (Wildman–Crippen LogP) is 0.410. The molecule has 7 nitrogen and oxygen atoms in total. The third kappa shape index (κ3) is 4.37. The van der Waals surface area contributed by atoms with Gasteiger partial charge in [-0.3, -0.25) is 9.59 Å². The summed E-state index contributed by atoms with van der Waals surface area (Å²) in [6.45, 7) is -0.205. The zero-order chi connectivity index (χ0) is 15.2. The molecular formula is C13H13FN4O3. The maximum atomic E-state index is 12.8. The number of benzene rings is 1. The molecule has 0 aliphatic carbocycles. The van der Waals surface area contributed by atoms with Crippen LogP contribution in [-0.4, -0.2) is 28.5 Å². The van der Waals surface area contributed by atoms with Crippen LogP contribution in [-0.2, 0) is 16.0 Å². The highest BCUT2D eigenvalue weighted by Crippen LogP contribution is 2.16. The second kappa shape index (κ2) is 6.60. The molecular weight excluding hydrogens is 279 g/mol. The number of hydrogen-bond acceptors (Lipinski definition) is 5. The zero-order valence-electron chi connectivity index (χ0n) is 11.0. The summed E-state index contributed by atoms with van der Waals surface area (Å²) in [5, 5.41) is 6.11. The Morgan fingerprint density at radius 3 is 2.67 bits per heavy atom. The Kier molecular flexibility index (Phi) is 4.60. The fourth-order valence-corrected chi connectivity index (χ4v) is 1.57. The molecule has 110 valence electrons. The molecule has 2 aromatic rings. The maximum Gasteiger partial charge on any atom is 0.236 e. The molecule has 0 aliphatic heterocycles. The molecule has 8 heteroatoms. The fraction of sp³-hybridized carbons (Fsp3) is 0.231. The molecule has 0 radical (unpaired) electrons. The molecule has 2 rings (SSSR count). The predicted molar refractivity (Wildman–Crippen MR) is 70.2 cm³/mol. The van der Waals surface area contributed by atoms with Gasteiger partial charge in [-0.25, -0.2) is 4.39 Å². The molecule has 0 atom stereocenters. The van der Waals surface area contributed by atoms with Crippen LogP contribution in [0.3, 0.4) is 0 Å². The van der Waals surface area contributed by atoms with E-state index in [1.807, 2.05) is 0 Å². The fourth-order valence-electron chi connectivity index (χ4n) is 1.57. The van der Waals surface area contributed by atoms with Crippen molar-refractivity contribution >= 4 is 11.8 Å². The number of nitrogens with zero attached hydrogens (tertiary/aromatic N) is 2. The van der Waals surface area contributed by atoms with E-state index in [-0.39, 0.29) is 37.0 Å². The van der Waals surface area contributed by atoms with Gasteiger partial charge in [0.2, 0.25) is 23.5 Å². The number of halogens is 1. The molecule has 0 bridgehead atoms. The number of primary amides is 1. The Hall–Kier alpha value is -2.77. The number of carbonyl (C=O) groups excluding carboxylic acids is 2. The van der Waals surface area contributed by atoms with Crippen LogP contribution in [0.5, 0.6) is 0 Å². The standard InChI is InChI=1S/C13H13FN4O3/c14-9-3-1-8(2-4-9)13-17-12(21-18-13)6-5-11(20)16-7-10(15)19/h1-4H,5-7H2,(H2,15,19)(H,16,20). The quantitative estimate of drug-likeness (QED) is 0.801. The Morgan fingerprint density at radius 2 is 2.00 bits per heavy atom. The lowest BCUT2D eigenvalue weighted by Crippen LogP contribution is -2.33. The summed E-state index contributed by atoms with van der Waals surface area (Å²) in [6, 6.07) is 5.65. The molecule has 3 N–H and O–H groups in total. The van der Waals surface area contributed by atoms with E-state index in [9.17, 15) is 14.0 Å². The summed E-state index contributed by atoms with van der Waals surface area (Å²) in [5.74, 6) is -0.699. The minimum Gasteiger partial charge on any atom is -0.368 e. The van der Waals surface area contributed by atoms with Crippen LogP contribution in [0.2, 0.25) is 0 Å². The van der Waals surface area contributed by atoms with E-state index >= 15 is 0 Å². The van der Waals surface area contributed by atoms with Crippen LogP contribution in [0.4, 0.5) is 4.39 Å². The normalized spacial score (nSPS) is 10.3. The number of nitrogens with one attached hydrogen (secondary N) is 1. The number of aryl methyl sites for hydroxylation is 1. The van der Waals surface area contributed by atoms with Crippen LogP contribution in [0.25, 0.3) is 11.4 Å². The lowest BCUT2D eigenvalue weighted by atomic mass is 10.2. The van der Waals surface area contributed by atoms with Crippen LogP contribution in [0, 0.1) is 5.82 Å². The topological polar surface area (TPSA) is 111 Å². The van der Waals surface area contributed by atoms with Gasteiger partial charge in [0.05, 0.1) is 6.54 Å². The van der Waals surface area contributed by atoms with Crippen molar-refractivity contribution in [2.24, 2.45) is 5.73 Å². The van der Waals surface area contributed by atoms with Crippen molar-refractivity contribution in [2.45, 2.75) is 12.8 Å². The van der Waals surface area contributed by atoms with Crippen molar-refractivity contribution in [3.8, 4) is 11.4 Å². The number of hydrogen-bond donors (Lipinski definition) is 2. The minimum absolute atomic E-state index is 0.0956. The van der Waals surface area contributed by atoms with Crippen molar-refractivity contribution in [3.63, 3.8) is 0 Å². The molecule has 0 saturated heterocycles. The van der Waals surface area contributed by atoms with Gasteiger partial charge < -0.3 is 15.6 Å². The lowest BCUT2D eigenvalue weighted by molar-refractivity contribution is -0.124. The van der Waals surface area contributed by atoms with E-state index in [0.29, 0.717) is 11.4 Å². The van der Waals surface area contributed by atoms with E-state index < -0.39 is 5.91 Å². The molecule has 2 amide bonds. The van der Waals surface area contributed by atoms with Gasteiger partial charge in [0.15, 0.2) is 0 Å². The van der Waals surface area contributed by atoms with Crippen molar-refractivity contribution in [3.05, 3.63) is 36.0 Å². The minimum atomic E-state index is -0.611. The number of nitrogens with two attached hydrogens (primary N) is 1. The Bertz CT molecular complexity index is 639. The summed E-state index contributed by atoms with van der Waals surface area (Å²) in [7, 11) is 0. The van der Waals surface area contributed by atoms with Gasteiger partial charge in [-0.05, 0) is 24.3 Å². The second-order valence-electron chi connectivity index (χ2n) is 4.26. The molecule has 0 saturated carbocycles. The third-order valence-electron chi connectivity index (χ3n) is 2.60. The molecule has 1 aromatic heterocycles.